The smallest absolute Gasteiger partial charge is 0.310 e. The summed E-state index contributed by atoms with van der Waals surface area (Å²) in [6, 6.07) is 7.34. The molecule has 2 N–H and O–H groups in total. The molecule has 0 saturated carbocycles. The molecule has 122 valence electrons. The summed E-state index contributed by atoms with van der Waals surface area (Å²) in [6.45, 7) is 7.45. The van der Waals surface area contributed by atoms with E-state index >= 15 is 0 Å². The van der Waals surface area contributed by atoms with Gasteiger partial charge in [-0.2, -0.15) is 4.68 Å². The van der Waals surface area contributed by atoms with E-state index in [0.717, 1.165) is 22.9 Å². The first-order valence-corrected chi connectivity index (χ1v) is 8.29. The predicted molar refractivity (Wildman–Crippen MR) is 96.9 cm³/mol. The number of nitrogens with zero attached hydrogens (tertiary/aromatic N) is 2. The number of hydrogen-bond acceptors (Lipinski definition) is 4. The van der Waals surface area contributed by atoms with Crippen LogP contribution in [0.15, 0.2) is 40.5 Å². The van der Waals surface area contributed by atoms with Crippen molar-refractivity contribution >= 4 is 22.8 Å². The van der Waals surface area contributed by atoms with Crippen LogP contribution in [0.4, 0.5) is 10.6 Å². The Hall–Kier alpha value is -2.21. The lowest BCUT2D eigenvalue weighted by molar-refractivity contribution is 0.254. The van der Waals surface area contributed by atoms with Crippen molar-refractivity contribution in [1.29, 1.82) is 0 Å². The van der Waals surface area contributed by atoms with Gasteiger partial charge in [-0.05, 0) is 56.0 Å². The van der Waals surface area contributed by atoms with Crippen LogP contribution in [0, 0.1) is 6.92 Å². The van der Waals surface area contributed by atoms with Gasteiger partial charge in [-0.25, -0.2) is 4.68 Å². The number of thioether (sulfide) groups is 1. The summed E-state index contributed by atoms with van der Waals surface area (Å²) in [5.74, 6) is 0.181. The Morgan fingerprint density at radius 1 is 1.30 bits per heavy atom. The molecule has 0 aliphatic heterocycles. The third-order valence-electron chi connectivity index (χ3n) is 3.50. The van der Waals surface area contributed by atoms with Gasteiger partial charge < -0.3 is 5.73 Å². The first kappa shape index (κ1) is 17.1. The van der Waals surface area contributed by atoms with Crippen molar-refractivity contribution in [3.63, 3.8) is 0 Å². The fourth-order valence-corrected chi connectivity index (χ4v) is 3.01. The van der Waals surface area contributed by atoms with Crippen LogP contribution in [0.2, 0.25) is 0 Å². The molecule has 6 heteroatoms. The molecule has 0 spiro atoms. The zero-order valence-electron chi connectivity index (χ0n) is 13.7. The summed E-state index contributed by atoms with van der Waals surface area (Å²) in [5.41, 5.74) is 8.03. The molecule has 0 unspecified atom stereocenters. The number of anilines is 1. The van der Waals surface area contributed by atoms with Crippen molar-refractivity contribution in [2.24, 2.45) is 0 Å². The average molecular weight is 331 g/mol. The topological polar surface area (TPSA) is 70.0 Å². The molecule has 0 bridgehead atoms. The van der Waals surface area contributed by atoms with Gasteiger partial charge in [0.15, 0.2) is 0 Å². The molecule has 0 amide bonds. The van der Waals surface area contributed by atoms with Crippen LogP contribution < -0.4 is 11.3 Å². The van der Waals surface area contributed by atoms with Gasteiger partial charge in [-0.1, -0.05) is 30.3 Å². The molecule has 0 radical (unpaired) electrons. The molecule has 1 aromatic heterocycles. The number of allylic oxidation sites excluding steroid dienone is 1. The third kappa shape index (κ3) is 3.12. The SMILES string of the molecule is C/C=C\SC(=O)n1c(N)c(-c2ccccc2C)c(=O)n1C(C)C. The van der Waals surface area contributed by atoms with Crippen LogP contribution in [-0.2, 0) is 0 Å². The number of carbonyl (C=O) groups is 1. The van der Waals surface area contributed by atoms with Crippen LogP contribution >= 0.6 is 11.8 Å². The van der Waals surface area contributed by atoms with Crippen molar-refractivity contribution < 1.29 is 4.79 Å². The van der Waals surface area contributed by atoms with Gasteiger partial charge in [-0.15, -0.1) is 0 Å². The molecule has 2 rings (SSSR count). The monoisotopic (exact) mass is 331 g/mol. The normalized spacial score (nSPS) is 11.5. The Morgan fingerprint density at radius 2 is 1.96 bits per heavy atom. The van der Waals surface area contributed by atoms with Gasteiger partial charge in [0.1, 0.15) is 5.82 Å². The highest BCUT2D eigenvalue weighted by Gasteiger charge is 2.25. The molecule has 2 aromatic rings. The molecule has 0 atom stereocenters. The van der Waals surface area contributed by atoms with Gasteiger partial charge in [0.05, 0.1) is 5.56 Å². The summed E-state index contributed by atoms with van der Waals surface area (Å²) < 4.78 is 2.69. The highest BCUT2D eigenvalue weighted by atomic mass is 32.2. The quantitative estimate of drug-likeness (QED) is 0.922. The van der Waals surface area contributed by atoms with Gasteiger partial charge >= 0.3 is 5.24 Å². The number of aromatic nitrogens is 2. The van der Waals surface area contributed by atoms with Crippen molar-refractivity contribution in [2.75, 3.05) is 5.73 Å². The number of benzene rings is 1. The summed E-state index contributed by atoms with van der Waals surface area (Å²) in [6.07, 6.45) is 1.77. The highest BCUT2D eigenvalue weighted by molar-refractivity contribution is 8.16. The second-order valence-corrected chi connectivity index (χ2v) is 6.34. The zero-order chi connectivity index (χ0) is 17.1. The van der Waals surface area contributed by atoms with E-state index < -0.39 is 0 Å². The second-order valence-electron chi connectivity index (χ2n) is 5.48. The van der Waals surface area contributed by atoms with Gasteiger partial charge in [-0.3, -0.25) is 9.59 Å². The number of nitrogens with two attached hydrogens (primary N) is 1. The predicted octanol–water partition coefficient (Wildman–Crippen LogP) is 4.02. The summed E-state index contributed by atoms with van der Waals surface area (Å²) in [4.78, 5) is 25.3. The number of rotatable bonds is 3. The number of carbonyl (C=O) groups excluding carboxylic acids is 1. The van der Waals surface area contributed by atoms with E-state index in [4.69, 9.17) is 5.73 Å². The van der Waals surface area contributed by atoms with Gasteiger partial charge in [0.2, 0.25) is 0 Å². The zero-order valence-corrected chi connectivity index (χ0v) is 14.6. The van der Waals surface area contributed by atoms with E-state index in [-0.39, 0.29) is 22.7 Å². The number of hydrogen-bond donors (Lipinski definition) is 1. The van der Waals surface area contributed by atoms with Crippen molar-refractivity contribution in [1.82, 2.24) is 9.36 Å². The van der Waals surface area contributed by atoms with Crippen LogP contribution in [0.5, 0.6) is 0 Å². The Morgan fingerprint density at radius 3 is 2.52 bits per heavy atom. The molecule has 1 heterocycles. The lowest BCUT2D eigenvalue weighted by Crippen LogP contribution is -2.28. The van der Waals surface area contributed by atoms with E-state index in [1.807, 2.05) is 52.0 Å². The van der Waals surface area contributed by atoms with Crippen molar-refractivity contribution in [3.05, 3.63) is 51.7 Å². The Labute approximate surface area is 139 Å². The van der Waals surface area contributed by atoms with Crippen molar-refractivity contribution in [2.45, 2.75) is 33.7 Å². The molecule has 0 fully saturated rings. The second kappa shape index (κ2) is 6.91. The molecule has 23 heavy (non-hydrogen) atoms. The van der Waals surface area contributed by atoms with E-state index in [0.29, 0.717) is 5.56 Å². The summed E-state index contributed by atoms with van der Waals surface area (Å²) in [5, 5.41) is 1.37. The standard InChI is InChI=1S/C17H21N3O2S/c1-5-10-23-17(22)20-15(18)14(16(21)19(20)11(2)3)13-9-7-6-8-12(13)4/h5-11H,18H2,1-4H3/b10-5-. The average Bonchev–Trinajstić information content (AvgIpc) is 2.77. The van der Waals surface area contributed by atoms with Crippen molar-refractivity contribution in [3.8, 4) is 11.1 Å². The van der Waals surface area contributed by atoms with E-state index in [1.165, 1.54) is 9.36 Å². The maximum absolute atomic E-state index is 12.9. The van der Waals surface area contributed by atoms with Crippen LogP contribution in [0.3, 0.4) is 0 Å². The molecule has 0 aliphatic carbocycles. The Kier molecular flexibility index (Phi) is 5.15. The fourth-order valence-electron chi connectivity index (χ4n) is 2.47. The van der Waals surface area contributed by atoms with Crippen LogP contribution in [0.25, 0.3) is 11.1 Å². The minimum atomic E-state index is -0.300. The summed E-state index contributed by atoms with van der Waals surface area (Å²) >= 11 is 1.00. The lowest BCUT2D eigenvalue weighted by Gasteiger charge is -2.13. The van der Waals surface area contributed by atoms with E-state index in [1.54, 1.807) is 11.5 Å². The molecular weight excluding hydrogens is 310 g/mol. The summed E-state index contributed by atoms with van der Waals surface area (Å²) in [7, 11) is 0. The largest absolute Gasteiger partial charge is 0.383 e. The molecule has 0 saturated heterocycles. The first-order valence-electron chi connectivity index (χ1n) is 7.41. The van der Waals surface area contributed by atoms with Gasteiger partial charge in [0, 0.05) is 6.04 Å². The Bertz CT molecular complexity index is 816. The molecule has 0 aliphatic rings. The third-order valence-corrected chi connectivity index (χ3v) is 4.29. The maximum atomic E-state index is 12.9. The molecule has 5 nitrogen and oxygen atoms in total. The Balaban J connectivity index is 2.75. The van der Waals surface area contributed by atoms with Gasteiger partial charge in [0.25, 0.3) is 5.56 Å². The van der Waals surface area contributed by atoms with E-state index in [9.17, 15) is 9.59 Å². The molecule has 1 aromatic carbocycles. The molecular formula is C17H21N3O2S. The maximum Gasteiger partial charge on any atom is 0.310 e. The van der Waals surface area contributed by atoms with E-state index in [2.05, 4.69) is 0 Å². The lowest BCUT2D eigenvalue weighted by atomic mass is 10.0. The minimum Gasteiger partial charge on any atom is -0.383 e. The van der Waals surface area contributed by atoms with Crippen LogP contribution in [-0.4, -0.2) is 14.6 Å². The minimum absolute atomic E-state index is 0.181. The highest BCUT2D eigenvalue weighted by Crippen LogP contribution is 2.28. The number of nitrogen functional groups attached to an aromatic ring is 1. The number of aryl methyl sites for hydroxylation is 1. The first-order chi connectivity index (χ1) is 10.9. The fraction of sp³-hybridized carbons (Fsp3) is 0.294. The van der Waals surface area contributed by atoms with Crippen LogP contribution in [0.1, 0.15) is 32.4 Å².